The fraction of sp³-hybridized carbons (Fsp3) is 0.440. The third-order valence-electron chi connectivity index (χ3n) is 6.21. The van der Waals surface area contributed by atoms with Crippen molar-refractivity contribution in [1.82, 2.24) is 20.4 Å². The van der Waals surface area contributed by atoms with E-state index in [1.165, 1.54) is 11.1 Å². The molecule has 8 nitrogen and oxygen atoms in total. The molecule has 0 spiro atoms. The molecular weight excluding hydrogens is 420 g/mol. The summed E-state index contributed by atoms with van der Waals surface area (Å²) < 4.78 is 17.0. The first kappa shape index (κ1) is 21.7. The summed E-state index contributed by atoms with van der Waals surface area (Å²) in [5, 5.41) is 17.6. The number of nitrogens with one attached hydrogen (secondary N) is 1. The number of allylic oxidation sites excluding steroid dienone is 2. The Balaban J connectivity index is 1.35. The Kier molecular flexibility index (Phi) is 6.20. The maximum Gasteiger partial charge on any atom is 0.258 e. The van der Waals surface area contributed by atoms with E-state index in [9.17, 15) is 5.11 Å². The first-order valence-electron chi connectivity index (χ1n) is 11.7. The second-order valence-corrected chi connectivity index (χ2v) is 8.51. The number of hydrogen-bond donors (Lipinski definition) is 2. The zero-order valence-corrected chi connectivity index (χ0v) is 19.1. The molecule has 3 heterocycles. The molecule has 1 aromatic carbocycles. The smallest absolute Gasteiger partial charge is 0.258 e. The van der Waals surface area contributed by atoms with E-state index >= 15 is 0 Å². The standard InChI is InChI=1S/C25H30N4O4/c1-3-31-22-8-6-17(12-23(22)32-4-2)25-27-24(28-33-25)16-5-7-21-20(11-16)18(13-26-21)14-29-10-9-19(30)15-29/h5-6,8,11-13,19,21,26,30H,3-4,7,9-10,14-15H2,1-2H3/t19-,21?/m0/s1. The zero-order chi connectivity index (χ0) is 22.8. The van der Waals surface area contributed by atoms with Crippen molar-refractivity contribution in [2.75, 3.05) is 32.8 Å². The average Bonchev–Trinajstić information content (AvgIpc) is 3.56. The molecule has 8 heteroatoms. The fourth-order valence-electron chi connectivity index (χ4n) is 4.59. The molecule has 174 valence electrons. The predicted octanol–water partition coefficient (Wildman–Crippen LogP) is 3.17. The summed E-state index contributed by atoms with van der Waals surface area (Å²) >= 11 is 0. The first-order valence-corrected chi connectivity index (χ1v) is 11.7. The number of rotatable bonds is 8. The lowest BCUT2D eigenvalue weighted by molar-refractivity contribution is 0.179. The second-order valence-electron chi connectivity index (χ2n) is 8.51. The number of hydrogen-bond acceptors (Lipinski definition) is 8. The number of ether oxygens (including phenoxy) is 2. The van der Waals surface area contributed by atoms with Gasteiger partial charge in [0.25, 0.3) is 5.89 Å². The summed E-state index contributed by atoms with van der Waals surface area (Å²) in [6.45, 7) is 7.49. The lowest BCUT2D eigenvalue weighted by Gasteiger charge is -2.21. The normalized spacial score (nSPS) is 22.3. The van der Waals surface area contributed by atoms with E-state index in [-0.39, 0.29) is 12.1 Å². The molecule has 1 aromatic heterocycles. The van der Waals surface area contributed by atoms with Gasteiger partial charge in [0.05, 0.1) is 25.4 Å². The van der Waals surface area contributed by atoms with Gasteiger partial charge < -0.3 is 24.4 Å². The van der Waals surface area contributed by atoms with Crippen LogP contribution in [0, 0.1) is 0 Å². The van der Waals surface area contributed by atoms with Crippen molar-refractivity contribution in [3.05, 3.63) is 53.5 Å². The van der Waals surface area contributed by atoms with Crippen LogP contribution in [0.3, 0.4) is 0 Å². The minimum absolute atomic E-state index is 0.213. The predicted molar refractivity (Wildman–Crippen MR) is 125 cm³/mol. The van der Waals surface area contributed by atoms with Crippen molar-refractivity contribution >= 4 is 5.57 Å². The quantitative estimate of drug-likeness (QED) is 0.634. The van der Waals surface area contributed by atoms with Crippen molar-refractivity contribution in [2.45, 2.75) is 38.8 Å². The van der Waals surface area contributed by atoms with Crippen LogP contribution in [0.5, 0.6) is 11.5 Å². The Bertz CT molecular complexity index is 1100. The molecule has 0 radical (unpaired) electrons. The molecule has 1 unspecified atom stereocenters. The summed E-state index contributed by atoms with van der Waals surface area (Å²) in [4.78, 5) is 6.96. The number of aliphatic hydroxyl groups excluding tert-OH is 1. The van der Waals surface area contributed by atoms with Gasteiger partial charge in [0.2, 0.25) is 5.82 Å². The second kappa shape index (κ2) is 9.41. The number of fused-ring (bicyclic) bond motifs is 1. The number of aliphatic hydroxyl groups is 1. The summed E-state index contributed by atoms with van der Waals surface area (Å²) in [5.41, 5.74) is 4.28. The van der Waals surface area contributed by atoms with Gasteiger partial charge in [-0.05, 0) is 62.1 Å². The summed E-state index contributed by atoms with van der Waals surface area (Å²) in [7, 11) is 0. The molecule has 5 rings (SSSR count). The molecular formula is C25H30N4O4. The van der Waals surface area contributed by atoms with E-state index in [1.54, 1.807) is 0 Å². The fourth-order valence-corrected chi connectivity index (χ4v) is 4.59. The summed E-state index contributed by atoms with van der Waals surface area (Å²) in [6, 6.07) is 5.93. The van der Waals surface area contributed by atoms with Crippen LogP contribution in [-0.4, -0.2) is 65.1 Å². The summed E-state index contributed by atoms with van der Waals surface area (Å²) in [6.07, 6.45) is 7.91. The lowest BCUT2D eigenvalue weighted by atomic mass is 9.91. The maximum absolute atomic E-state index is 9.84. The molecule has 1 saturated heterocycles. The largest absolute Gasteiger partial charge is 0.490 e. The highest BCUT2D eigenvalue weighted by Gasteiger charge is 2.29. The highest BCUT2D eigenvalue weighted by molar-refractivity contribution is 5.75. The average molecular weight is 451 g/mol. The van der Waals surface area contributed by atoms with Crippen LogP contribution >= 0.6 is 0 Å². The summed E-state index contributed by atoms with van der Waals surface area (Å²) in [5.74, 6) is 2.39. The van der Waals surface area contributed by atoms with Gasteiger partial charge in [-0.1, -0.05) is 11.2 Å². The molecule has 3 aliphatic rings. The van der Waals surface area contributed by atoms with Crippen LogP contribution in [0.4, 0.5) is 0 Å². The van der Waals surface area contributed by atoms with Crippen molar-refractivity contribution in [3.8, 4) is 23.0 Å². The van der Waals surface area contributed by atoms with Gasteiger partial charge in [-0.3, -0.25) is 4.90 Å². The SMILES string of the molecule is CCOc1ccc(-c2nc(C3=CCC4NC=C(CN5CC[C@H](O)C5)C4=C3)no2)cc1OCC. The van der Waals surface area contributed by atoms with Crippen LogP contribution in [0.1, 0.15) is 32.5 Å². The van der Waals surface area contributed by atoms with Crippen molar-refractivity contribution in [1.29, 1.82) is 0 Å². The molecule has 2 atom stereocenters. The molecule has 0 amide bonds. The van der Waals surface area contributed by atoms with Gasteiger partial charge >= 0.3 is 0 Å². The van der Waals surface area contributed by atoms with Crippen LogP contribution in [0.25, 0.3) is 17.0 Å². The number of aromatic nitrogens is 2. The molecule has 0 bridgehead atoms. The number of nitrogens with zero attached hydrogens (tertiary/aromatic N) is 3. The Hall–Kier alpha value is -3.10. The molecule has 33 heavy (non-hydrogen) atoms. The molecule has 1 aliphatic carbocycles. The van der Waals surface area contributed by atoms with E-state index in [2.05, 4.69) is 38.7 Å². The Morgan fingerprint density at radius 3 is 2.85 bits per heavy atom. The van der Waals surface area contributed by atoms with Crippen LogP contribution in [0.2, 0.25) is 0 Å². The molecule has 0 saturated carbocycles. The van der Waals surface area contributed by atoms with E-state index in [1.807, 2.05) is 32.0 Å². The van der Waals surface area contributed by atoms with Gasteiger partial charge in [-0.25, -0.2) is 0 Å². The highest BCUT2D eigenvalue weighted by atomic mass is 16.5. The third-order valence-corrected chi connectivity index (χ3v) is 6.21. The monoisotopic (exact) mass is 450 g/mol. The Morgan fingerprint density at radius 1 is 1.21 bits per heavy atom. The number of β-amino-alcohol motifs (C(OH)–C–C–N with tert-alkyl or cyclic N) is 1. The van der Waals surface area contributed by atoms with Crippen molar-refractivity contribution < 1.29 is 19.1 Å². The van der Waals surface area contributed by atoms with Crippen molar-refractivity contribution in [3.63, 3.8) is 0 Å². The van der Waals surface area contributed by atoms with Gasteiger partial charge in [-0.15, -0.1) is 0 Å². The molecule has 2 aliphatic heterocycles. The Morgan fingerprint density at radius 2 is 2.06 bits per heavy atom. The highest BCUT2D eigenvalue weighted by Crippen LogP contribution is 2.35. The van der Waals surface area contributed by atoms with E-state index in [0.29, 0.717) is 36.4 Å². The van der Waals surface area contributed by atoms with Crippen LogP contribution in [0.15, 0.2) is 52.2 Å². The molecule has 1 fully saturated rings. The van der Waals surface area contributed by atoms with E-state index in [4.69, 9.17) is 14.0 Å². The molecule has 2 N–H and O–H groups in total. The van der Waals surface area contributed by atoms with E-state index in [0.717, 1.165) is 43.6 Å². The van der Waals surface area contributed by atoms with Gasteiger partial charge in [-0.2, -0.15) is 4.98 Å². The van der Waals surface area contributed by atoms with Crippen LogP contribution < -0.4 is 14.8 Å². The first-order chi connectivity index (χ1) is 16.1. The van der Waals surface area contributed by atoms with Gasteiger partial charge in [0, 0.05) is 37.0 Å². The maximum atomic E-state index is 9.84. The number of benzene rings is 1. The van der Waals surface area contributed by atoms with E-state index < -0.39 is 0 Å². The van der Waals surface area contributed by atoms with Crippen LogP contribution in [-0.2, 0) is 0 Å². The lowest BCUT2D eigenvalue weighted by Crippen LogP contribution is -2.26. The number of likely N-dealkylation sites (tertiary alicyclic amines) is 1. The minimum Gasteiger partial charge on any atom is -0.490 e. The van der Waals surface area contributed by atoms with Gasteiger partial charge in [0.1, 0.15) is 0 Å². The molecule has 2 aromatic rings. The Labute approximate surface area is 193 Å². The topological polar surface area (TPSA) is 92.9 Å². The third kappa shape index (κ3) is 4.54. The minimum atomic E-state index is -0.213. The van der Waals surface area contributed by atoms with Crippen molar-refractivity contribution in [2.24, 2.45) is 0 Å². The zero-order valence-electron chi connectivity index (χ0n) is 19.1. The van der Waals surface area contributed by atoms with Gasteiger partial charge in [0.15, 0.2) is 11.5 Å².